The van der Waals surface area contributed by atoms with Gasteiger partial charge in [-0.15, -0.1) is 10.2 Å². The summed E-state index contributed by atoms with van der Waals surface area (Å²) in [6, 6.07) is 10.00. The zero-order valence-corrected chi connectivity index (χ0v) is 11.6. The molecule has 0 radical (unpaired) electrons. The normalized spacial score (nSPS) is 15.8. The van der Waals surface area contributed by atoms with Crippen LogP contribution in [0.5, 0.6) is 0 Å². The minimum absolute atomic E-state index is 0.0642. The van der Waals surface area contributed by atoms with Gasteiger partial charge in [-0.05, 0) is 12.0 Å². The number of hydrogen-bond donors (Lipinski definition) is 0. The molecule has 1 aromatic heterocycles. The molecule has 0 bridgehead atoms. The topological polar surface area (TPSA) is 51.0 Å². The van der Waals surface area contributed by atoms with Crippen molar-refractivity contribution in [3.05, 3.63) is 48.0 Å². The van der Waals surface area contributed by atoms with Crippen molar-refractivity contribution in [1.29, 1.82) is 0 Å². The smallest absolute Gasteiger partial charge is 0.230 e. The lowest BCUT2D eigenvalue weighted by molar-refractivity contribution is -0.134. The molecule has 1 aromatic carbocycles. The molecule has 0 saturated carbocycles. The molecular formula is C15H18N4O. The van der Waals surface area contributed by atoms with Crippen molar-refractivity contribution in [2.45, 2.75) is 32.4 Å². The number of hydrogen-bond acceptors (Lipinski definition) is 3. The Morgan fingerprint density at radius 2 is 2.10 bits per heavy atom. The summed E-state index contributed by atoms with van der Waals surface area (Å²) in [5.74, 6) is 0.992. The lowest BCUT2D eigenvalue weighted by Gasteiger charge is -2.30. The van der Waals surface area contributed by atoms with Crippen molar-refractivity contribution in [3.63, 3.8) is 0 Å². The summed E-state index contributed by atoms with van der Waals surface area (Å²) in [7, 11) is 0. The van der Waals surface area contributed by atoms with Crippen molar-refractivity contribution in [1.82, 2.24) is 19.7 Å². The SMILES string of the molecule is CC[C@H](C(=O)N1CCn2cnnc2C1)c1ccccc1. The van der Waals surface area contributed by atoms with Gasteiger partial charge in [0.25, 0.3) is 0 Å². The highest BCUT2D eigenvalue weighted by Gasteiger charge is 2.27. The second-order valence-corrected chi connectivity index (χ2v) is 5.07. The van der Waals surface area contributed by atoms with Gasteiger partial charge in [-0.3, -0.25) is 4.79 Å². The van der Waals surface area contributed by atoms with Crippen LogP contribution in [0.15, 0.2) is 36.7 Å². The molecule has 0 saturated heterocycles. The molecule has 5 nitrogen and oxygen atoms in total. The van der Waals surface area contributed by atoms with Crippen molar-refractivity contribution < 1.29 is 4.79 Å². The van der Waals surface area contributed by atoms with E-state index >= 15 is 0 Å². The van der Waals surface area contributed by atoms with Crippen molar-refractivity contribution in [2.24, 2.45) is 0 Å². The van der Waals surface area contributed by atoms with Gasteiger partial charge >= 0.3 is 0 Å². The third-order valence-electron chi connectivity index (χ3n) is 3.86. The number of nitrogens with zero attached hydrogens (tertiary/aromatic N) is 4. The van der Waals surface area contributed by atoms with Gasteiger partial charge in [-0.2, -0.15) is 0 Å². The molecular weight excluding hydrogens is 252 g/mol. The molecule has 5 heteroatoms. The van der Waals surface area contributed by atoms with Gasteiger partial charge in [0, 0.05) is 13.1 Å². The number of amides is 1. The number of carbonyl (C=O) groups is 1. The maximum absolute atomic E-state index is 12.7. The second kappa shape index (κ2) is 5.45. The fourth-order valence-electron chi connectivity index (χ4n) is 2.71. The average Bonchev–Trinajstić information content (AvgIpc) is 2.96. The largest absolute Gasteiger partial charge is 0.333 e. The zero-order chi connectivity index (χ0) is 13.9. The lowest BCUT2D eigenvalue weighted by atomic mass is 9.95. The molecule has 1 aliphatic rings. The summed E-state index contributed by atoms with van der Waals surface area (Å²) in [5.41, 5.74) is 1.09. The van der Waals surface area contributed by atoms with Gasteiger partial charge in [0.05, 0.1) is 12.5 Å². The third-order valence-corrected chi connectivity index (χ3v) is 3.86. The van der Waals surface area contributed by atoms with Gasteiger partial charge in [-0.25, -0.2) is 0 Å². The Kier molecular flexibility index (Phi) is 3.50. The Balaban J connectivity index is 1.78. The predicted molar refractivity (Wildman–Crippen MR) is 74.9 cm³/mol. The molecule has 1 aliphatic heterocycles. The van der Waals surface area contributed by atoms with Crippen LogP contribution < -0.4 is 0 Å². The monoisotopic (exact) mass is 270 g/mol. The van der Waals surface area contributed by atoms with E-state index in [0.29, 0.717) is 6.54 Å². The first-order valence-electron chi connectivity index (χ1n) is 7.00. The Labute approximate surface area is 118 Å². The van der Waals surface area contributed by atoms with Crippen LogP contribution in [0.4, 0.5) is 0 Å². The zero-order valence-electron chi connectivity index (χ0n) is 11.6. The van der Waals surface area contributed by atoms with Crippen LogP contribution in [0.1, 0.15) is 30.7 Å². The minimum atomic E-state index is -0.0642. The highest BCUT2D eigenvalue weighted by molar-refractivity contribution is 5.83. The van der Waals surface area contributed by atoms with Gasteiger partial charge < -0.3 is 9.47 Å². The Morgan fingerprint density at radius 3 is 2.85 bits per heavy atom. The first-order valence-corrected chi connectivity index (χ1v) is 7.00. The average molecular weight is 270 g/mol. The standard InChI is InChI=1S/C15H18N4O/c1-2-13(12-6-4-3-5-7-12)15(20)18-8-9-19-11-16-17-14(19)10-18/h3-7,11,13H,2,8-10H2,1H3/t13-/m0/s1. The van der Waals surface area contributed by atoms with E-state index in [9.17, 15) is 4.79 Å². The van der Waals surface area contributed by atoms with E-state index in [1.54, 1.807) is 6.33 Å². The minimum Gasteiger partial charge on any atom is -0.333 e. The fourth-order valence-corrected chi connectivity index (χ4v) is 2.71. The number of aromatic nitrogens is 3. The van der Waals surface area contributed by atoms with E-state index in [4.69, 9.17) is 0 Å². The molecule has 0 aliphatic carbocycles. The van der Waals surface area contributed by atoms with Gasteiger partial charge in [0.2, 0.25) is 5.91 Å². The summed E-state index contributed by atoms with van der Waals surface area (Å²) in [4.78, 5) is 14.6. The van der Waals surface area contributed by atoms with E-state index in [1.807, 2.05) is 39.8 Å². The number of benzene rings is 1. The second-order valence-electron chi connectivity index (χ2n) is 5.07. The molecule has 2 aromatic rings. The van der Waals surface area contributed by atoms with E-state index in [-0.39, 0.29) is 11.8 Å². The highest BCUT2D eigenvalue weighted by Crippen LogP contribution is 2.23. The van der Waals surface area contributed by atoms with Crippen LogP contribution in [0.25, 0.3) is 0 Å². The third kappa shape index (κ3) is 2.31. The van der Waals surface area contributed by atoms with E-state index < -0.39 is 0 Å². The predicted octanol–water partition coefficient (Wildman–Crippen LogP) is 1.81. The molecule has 104 valence electrons. The first-order chi connectivity index (χ1) is 9.79. The maximum atomic E-state index is 12.7. The molecule has 1 atom stereocenters. The molecule has 2 heterocycles. The molecule has 0 spiro atoms. The van der Waals surface area contributed by atoms with E-state index in [2.05, 4.69) is 17.1 Å². The van der Waals surface area contributed by atoms with E-state index in [0.717, 1.165) is 30.9 Å². The molecule has 20 heavy (non-hydrogen) atoms. The van der Waals surface area contributed by atoms with Gasteiger partial charge in [-0.1, -0.05) is 37.3 Å². The Bertz CT molecular complexity index is 593. The van der Waals surface area contributed by atoms with Gasteiger partial charge in [0.1, 0.15) is 6.33 Å². The highest BCUT2D eigenvalue weighted by atomic mass is 16.2. The van der Waals surface area contributed by atoms with Crippen molar-refractivity contribution >= 4 is 5.91 Å². The van der Waals surface area contributed by atoms with Crippen LogP contribution in [0.2, 0.25) is 0 Å². The number of carbonyl (C=O) groups excluding carboxylic acids is 1. The maximum Gasteiger partial charge on any atom is 0.230 e. The number of rotatable bonds is 3. The Morgan fingerprint density at radius 1 is 1.30 bits per heavy atom. The molecule has 3 rings (SSSR count). The van der Waals surface area contributed by atoms with Crippen molar-refractivity contribution in [3.8, 4) is 0 Å². The van der Waals surface area contributed by atoms with Crippen LogP contribution in [-0.4, -0.2) is 32.1 Å². The van der Waals surface area contributed by atoms with Gasteiger partial charge in [0.15, 0.2) is 5.82 Å². The Hall–Kier alpha value is -2.17. The summed E-state index contributed by atoms with van der Waals surface area (Å²) in [5, 5.41) is 7.96. The van der Waals surface area contributed by atoms with Crippen LogP contribution >= 0.6 is 0 Å². The first kappa shape index (κ1) is 12.8. The quantitative estimate of drug-likeness (QED) is 0.854. The summed E-state index contributed by atoms with van der Waals surface area (Å²) in [6.07, 6.45) is 2.54. The fraction of sp³-hybridized carbons (Fsp3) is 0.400. The van der Waals surface area contributed by atoms with E-state index in [1.165, 1.54) is 0 Å². The summed E-state index contributed by atoms with van der Waals surface area (Å²) >= 11 is 0. The summed E-state index contributed by atoms with van der Waals surface area (Å²) in [6.45, 7) is 4.12. The molecule has 0 fully saturated rings. The molecule has 0 N–H and O–H groups in total. The van der Waals surface area contributed by atoms with Crippen LogP contribution in [0, 0.1) is 0 Å². The van der Waals surface area contributed by atoms with Crippen LogP contribution in [-0.2, 0) is 17.9 Å². The lowest BCUT2D eigenvalue weighted by Crippen LogP contribution is -2.40. The molecule has 1 amide bonds. The van der Waals surface area contributed by atoms with Crippen molar-refractivity contribution in [2.75, 3.05) is 6.54 Å². The number of fused-ring (bicyclic) bond motifs is 1. The van der Waals surface area contributed by atoms with Crippen LogP contribution in [0.3, 0.4) is 0 Å². The summed E-state index contributed by atoms with van der Waals surface area (Å²) < 4.78 is 2.01. The molecule has 0 unspecified atom stereocenters.